The normalized spacial score (nSPS) is 21.3. The van der Waals surface area contributed by atoms with Crippen LogP contribution in [0, 0.1) is 5.82 Å². The Morgan fingerprint density at radius 1 is 1.29 bits per heavy atom. The molecule has 28 heavy (non-hydrogen) atoms. The van der Waals surface area contributed by atoms with Crippen molar-refractivity contribution in [1.82, 2.24) is 10.2 Å². The van der Waals surface area contributed by atoms with Crippen molar-refractivity contribution in [3.63, 3.8) is 0 Å². The highest BCUT2D eigenvalue weighted by atomic mass is 127. The lowest BCUT2D eigenvalue weighted by Crippen LogP contribution is -2.47. The number of nitrogens with zero attached hydrogens (tertiary/aromatic N) is 2. The largest absolute Gasteiger partial charge is 0.376 e. The number of benzene rings is 1. The molecule has 158 valence electrons. The molecule has 2 aliphatic heterocycles. The zero-order chi connectivity index (χ0) is 18.9. The molecule has 2 aliphatic rings. The van der Waals surface area contributed by atoms with Crippen molar-refractivity contribution in [2.45, 2.75) is 57.8 Å². The van der Waals surface area contributed by atoms with Gasteiger partial charge in [-0.2, -0.15) is 0 Å². The van der Waals surface area contributed by atoms with Crippen molar-refractivity contribution >= 4 is 29.9 Å². The molecule has 0 saturated carbocycles. The van der Waals surface area contributed by atoms with Crippen LogP contribution in [0.25, 0.3) is 0 Å². The van der Waals surface area contributed by atoms with Crippen molar-refractivity contribution in [1.29, 1.82) is 0 Å². The quantitative estimate of drug-likeness (QED) is 0.361. The maximum atomic E-state index is 13.3. The summed E-state index contributed by atoms with van der Waals surface area (Å²) in [6.45, 7) is 6.81. The zero-order valence-electron chi connectivity index (χ0n) is 16.7. The molecule has 0 amide bonds. The van der Waals surface area contributed by atoms with E-state index in [9.17, 15) is 4.39 Å². The van der Waals surface area contributed by atoms with Crippen LogP contribution in [0.1, 0.15) is 44.6 Å². The summed E-state index contributed by atoms with van der Waals surface area (Å²) in [7, 11) is 0. The summed E-state index contributed by atoms with van der Waals surface area (Å²) in [6, 6.07) is 6.64. The third kappa shape index (κ3) is 7.48. The maximum Gasteiger partial charge on any atom is 0.194 e. The highest BCUT2D eigenvalue weighted by molar-refractivity contribution is 14.0. The van der Waals surface area contributed by atoms with Crippen molar-refractivity contribution in [3.05, 3.63) is 35.6 Å². The first-order valence-electron chi connectivity index (χ1n) is 10.3. The summed E-state index contributed by atoms with van der Waals surface area (Å²) >= 11 is 0. The van der Waals surface area contributed by atoms with Gasteiger partial charge in [0, 0.05) is 26.2 Å². The summed E-state index contributed by atoms with van der Waals surface area (Å²) < 4.78 is 25.2. The first kappa shape index (κ1) is 23.3. The molecule has 3 rings (SSSR count). The number of aliphatic imine (C=N–C) groups is 1. The van der Waals surface area contributed by atoms with Gasteiger partial charge in [-0.15, -0.1) is 24.0 Å². The third-order valence-corrected chi connectivity index (χ3v) is 5.17. The van der Waals surface area contributed by atoms with Gasteiger partial charge in [0.05, 0.1) is 25.4 Å². The Balaban J connectivity index is 0.00000280. The van der Waals surface area contributed by atoms with Crippen molar-refractivity contribution in [2.24, 2.45) is 4.99 Å². The van der Waals surface area contributed by atoms with E-state index in [0.717, 1.165) is 63.6 Å². The highest BCUT2D eigenvalue weighted by Gasteiger charge is 2.23. The van der Waals surface area contributed by atoms with Crippen LogP contribution in [0.4, 0.5) is 4.39 Å². The van der Waals surface area contributed by atoms with E-state index in [0.29, 0.717) is 12.6 Å². The van der Waals surface area contributed by atoms with Gasteiger partial charge in [0.2, 0.25) is 0 Å². The van der Waals surface area contributed by atoms with Gasteiger partial charge < -0.3 is 19.7 Å². The van der Waals surface area contributed by atoms with Crippen LogP contribution in [-0.4, -0.2) is 55.9 Å². The van der Waals surface area contributed by atoms with E-state index in [4.69, 9.17) is 14.5 Å². The maximum absolute atomic E-state index is 13.3. The number of hydrogen-bond donors (Lipinski definition) is 1. The molecule has 0 radical (unpaired) electrons. The fourth-order valence-electron chi connectivity index (χ4n) is 3.64. The minimum Gasteiger partial charge on any atom is -0.376 e. The van der Waals surface area contributed by atoms with Gasteiger partial charge in [-0.3, -0.25) is 0 Å². The van der Waals surface area contributed by atoms with E-state index in [1.54, 1.807) is 12.1 Å². The predicted octanol–water partition coefficient (Wildman–Crippen LogP) is 3.96. The van der Waals surface area contributed by atoms with Crippen LogP contribution in [0.2, 0.25) is 0 Å². The van der Waals surface area contributed by atoms with Gasteiger partial charge in [-0.05, 0) is 56.7 Å². The molecule has 7 heteroatoms. The lowest BCUT2D eigenvalue weighted by Gasteiger charge is -2.35. The van der Waals surface area contributed by atoms with Gasteiger partial charge >= 0.3 is 0 Å². The van der Waals surface area contributed by atoms with Crippen LogP contribution in [0.3, 0.4) is 0 Å². The number of rotatable bonds is 6. The number of likely N-dealkylation sites (tertiary alicyclic amines) is 1. The molecule has 5 nitrogen and oxygen atoms in total. The average molecular weight is 505 g/mol. The number of nitrogens with one attached hydrogen (secondary N) is 1. The zero-order valence-corrected chi connectivity index (χ0v) is 19.1. The standard InChI is InChI=1S/C21H32FN3O2.HI/c1-2-23-21(24-15-17-6-5-7-18(22)14-17)25-11-9-19(10-12-25)27-16-20-8-3-4-13-26-20;/h5-7,14,19-20H,2-4,8-13,15-16H2,1H3,(H,23,24);1H. The van der Waals surface area contributed by atoms with E-state index in [1.165, 1.54) is 18.9 Å². The molecule has 0 spiro atoms. The SMILES string of the molecule is CCNC(=NCc1cccc(F)c1)N1CCC(OCC2CCCCO2)CC1.I. The van der Waals surface area contributed by atoms with Gasteiger partial charge in [-0.1, -0.05) is 12.1 Å². The Labute approximate surface area is 185 Å². The molecule has 1 aromatic rings. The Bertz CT molecular complexity index is 603. The number of ether oxygens (including phenoxy) is 2. The van der Waals surface area contributed by atoms with Crippen LogP contribution in [0.5, 0.6) is 0 Å². The average Bonchev–Trinajstić information content (AvgIpc) is 2.71. The Morgan fingerprint density at radius 3 is 2.79 bits per heavy atom. The van der Waals surface area contributed by atoms with E-state index in [2.05, 4.69) is 17.1 Å². The molecular weight excluding hydrogens is 472 g/mol. The Morgan fingerprint density at radius 2 is 2.11 bits per heavy atom. The highest BCUT2D eigenvalue weighted by Crippen LogP contribution is 2.18. The first-order valence-corrected chi connectivity index (χ1v) is 10.3. The van der Waals surface area contributed by atoms with Crippen molar-refractivity contribution < 1.29 is 13.9 Å². The van der Waals surface area contributed by atoms with Gasteiger partial charge in [-0.25, -0.2) is 9.38 Å². The minimum atomic E-state index is -0.215. The smallest absolute Gasteiger partial charge is 0.194 e. The molecule has 2 fully saturated rings. The van der Waals surface area contributed by atoms with Crippen LogP contribution >= 0.6 is 24.0 Å². The molecule has 2 saturated heterocycles. The fraction of sp³-hybridized carbons (Fsp3) is 0.667. The van der Waals surface area contributed by atoms with Crippen molar-refractivity contribution in [2.75, 3.05) is 32.8 Å². The summed E-state index contributed by atoms with van der Waals surface area (Å²) in [4.78, 5) is 6.97. The van der Waals surface area contributed by atoms with E-state index >= 15 is 0 Å². The second-order valence-corrected chi connectivity index (χ2v) is 7.31. The van der Waals surface area contributed by atoms with Crippen molar-refractivity contribution in [3.8, 4) is 0 Å². The van der Waals surface area contributed by atoms with E-state index in [-0.39, 0.29) is 35.9 Å². The van der Waals surface area contributed by atoms with E-state index in [1.807, 2.05) is 6.07 Å². The minimum absolute atomic E-state index is 0. The summed E-state index contributed by atoms with van der Waals surface area (Å²) in [5.41, 5.74) is 0.885. The second kappa shape index (κ2) is 12.6. The molecule has 1 N–H and O–H groups in total. The van der Waals surface area contributed by atoms with Crippen LogP contribution in [-0.2, 0) is 16.0 Å². The molecule has 1 unspecified atom stereocenters. The summed E-state index contributed by atoms with van der Waals surface area (Å²) in [6.07, 6.45) is 6.13. The summed E-state index contributed by atoms with van der Waals surface area (Å²) in [5.74, 6) is 0.684. The van der Waals surface area contributed by atoms with Crippen LogP contribution in [0.15, 0.2) is 29.3 Å². The Hall–Kier alpha value is -0.930. The molecule has 1 aromatic carbocycles. The third-order valence-electron chi connectivity index (χ3n) is 5.17. The second-order valence-electron chi connectivity index (χ2n) is 7.31. The number of hydrogen-bond acceptors (Lipinski definition) is 3. The number of halogens is 2. The molecular formula is C21H33FIN3O2. The molecule has 0 aliphatic carbocycles. The van der Waals surface area contributed by atoms with Gasteiger partial charge in [0.1, 0.15) is 5.82 Å². The monoisotopic (exact) mass is 505 g/mol. The number of piperidine rings is 1. The lowest BCUT2D eigenvalue weighted by molar-refractivity contribution is -0.0721. The lowest BCUT2D eigenvalue weighted by atomic mass is 10.1. The topological polar surface area (TPSA) is 46.1 Å². The summed E-state index contributed by atoms with van der Waals surface area (Å²) in [5, 5.41) is 3.36. The predicted molar refractivity (Wildman–Crippen MR) is 121 cm³/mol. The fourth-order valence-corrected chi connectivity index (χ4v) is 3.64. The van der Waals surface area contributed by atoms with Crippen LogP contribution < -0.4 is 5.32 Å². The molecule has 2 heterocycles. The Kier molecular flexibility index (Phi) is 10.5. The molecule has 1 atom stereocenters. The molecule has 0 aromatic heterocycles. The molecule has 0 bridgehead atoms. The van der Waals surface area contributed by atoms with Gasteiger partial charge in [0.15, 0.2) is 5.96 Å². The first-order chi connectivity index (χ1) is 13.2. The van der Waals surface area contributed by atoms with Gasteiger partial charge in [0.25, 0.3) is 0 Å². The number of guanidine groups is 1. The van der Waals surface area contributed by atoms with E-state index < -0.39 is 0 Å².